The van der Waals surface area contributed by atoms with Crippen molar-refractivity contribution in [3.05, 3.63) is 28.2 Å². The molecule has 0 aliphatic heterocycles. The van der Waals surface area contributed by atoms with Crippen LogP contribution in [0, 0.1) is 0 Å². The number of halogens is 2. The van der Waals surface area contributed by atoms with Crippen LogP contribution in [-0.4, -0.2) is 42.9 Å². The van der Waals surface area contributed by atoms with Crippen molar-refractivity contribution in [1.29, 1.82) is 0 Å². The first-order chi connectivity index (χ1) is 9.94. The van der Waals surface area contributed by atoms with Gasteiger partial charge in [-0.3, -0.25) is 9.59 Å². The molecule has 21 heavy (non-hydrogen) atoms. The van der Waals surface area contributed by atoms with E-state index in [0.29, 0.717) is 21.8 Å². The molecule has 0 spiro atoms. The predicted molar refractivity (Wildman–Crippen MR) is 83.8 cm³/mol. The number of carbonyl (C=O) groups is 2. The second-order valence-corrected chi connectivity index (χ2v) is 5.98. The van der Waals surface area contributed by atoms with Crippen LogP contribution in [0.4, 0.5) is 5.69 Å². The zero-order chi connectivity index (χ0) is 15.4. The van der Waals surface area contributed by atoms with Gasteiger partial charge in [0.1, 0.15) is 0 Å². The Morgan fingerprint density at radius 3 is 2.43 bits per heavy atom. The highest BCUT2D eigenvalue weighted by Gasteiger charge is 2.24. The SMILES string of the molecule is CN(CC(=O)NC1CC1)C(=O)CNc1cc(Cl)cc(Cl)c1. The van der Waals surface area contributed by atoms with Gasteiger partial charge >= 0.3 is 0 Å². The summed E-state index contributed by atoms with van der Waals surface area (Å²) < 4.78 is 0. The van der Waals surface area contributed by atoms with E-state index in [0.717, 1.165) is 12.8 Å². The van der Waals surface area contributed by atoms with Gasteiger partial charge in [0.2, 0.25) is 11.8 Å². The summed E-state index contributed by atoms with van der Waals surface area (Å²) in [6, 6.07) is 5.28. The van der Waals surface area contributed by atoms with Crippen molar-refractivity contribution in [1.82, 2.24) is 10.2 Å². The van der Waals surface area contributed by atoms with Crippen molar-refractivity contribution < 1.29 is 9.59 Å². The molecule has 2 N–H and O–H groups in total. The van der Waals surface area contributed by atoms with Crippen molar-refractivity contribution in [3.8, 4) is 0 Å². The lowest BCUT2D eigenvalue weighted by atomic mass is 10.3. The van der Waals surface area contributed by atoms with Crippen LogP contribution < -0.4 is 10.6 Å². The highest BCUT2D eigenvalue weighted by atomic mass is 35.5. The molecule has 7 heteroatoms. The van der Waals surface area contributed by atoms with E-state index in [1.807, 2.05) is 0 Å². The number of hydrogen-bond acceptors (Lipinski definition) is 3. The average molecular weight is 330 g/mol. The summed E-state index contributed by atoms with van der Waals surface area (Å²) in [5.74, 6) is -0.309. The van der Waals surface area contributed by atoms with Crippen molar-refractivity contribution in [2.75, 3.05) is 25.5 Å². The summed E-state index contributed by atoms with van der Waals surface area (Å²) in [5.41, 5.74) is 0.664. The van der Waals surface area contributed by atoms with Gasteiger partial charge in [0.25, 0.3) is 0 Å². The van der Waals surface area contributed by atoms with E-state index in [4.69, 9.17) is 23.2 Å². The molecule has 1 saturated carbocycles. The molecule has 1 aromatic rings. The molecule has 2 rings (SSSR count). The number of anilines is 1. The highest BCUT2D eigenvalue weighted by molar-refractivity contribution is 6.35. The molecule has 0 aromatic heterocycles. The van der Waals surface area contributed by atoms with E-state index >= 15 is 0 Å². The Kier molecular flexibility index (Phi) is 5.31. The Morgan fingerprint density at radius 2 is 1.86 bits per heavy atom. The third-order valence-electron chi connectivity index (χ3n) is 3.06. The van der Waals surface area contributed by atoms with Crippen molar-refractivity contribution in [2.45, 2.75) is 18.9 Å². The molecule has 1 aromatic carbocycles. The Bertz CT molecular complexity index is 527. The molecule has 2 amide bonds. The van der Waals surface area contributed by atoms with Crippen LogP contribution in [0.3, 0.4) is 0 Å². The molecule has 0 atom stereocenters. The first kappa shape index (κ1) is 15.9. The number of likely N-dealkylation sites (N-methyl/N-ethyl adjacent to an activating group) is 1. The third-order valence-corrected chi connectivity index (χ3v) is 3.49. The first-order valence-corrected chi connectivity index (χ1v) is 7.43. The minimum Gasteiger partial charge on any atom is -0.376 e. The lowest BCUT2D eigenvalue weighted by molar-refractivity contribution is -0.133. The van der Waals surface area contributed by atoms with E-state index in [2.05, 4.69) is 10.6 Å². The Morgan fingerprint density at radius 1 is 1.24 bits per heavy atom. The van der Waals surface area contributed by atoms with Gasteiger partial charge in [-0.1, -0.05) is 23.2 Å². The van der Waals surface area contributed by atoms with Crippen LogP contribution in [0.25, 0.3) is 0 Å². The largest absolute Gasteiger partial charge is 0.376 e. The molecule has 1 fully saturated rings. The number of carbonyl (C=O) groups excluding carboxylic acids is 2. The molecular formula is C14H17Cl2N3O2. The summed E-state index contributed by atoms with van der Waals surface area (Å²) in [6.45, 7) is 0.136. The lowest BCUT2D eigenvalue weighted by Crippen LogP contribution is -2.41. The summed E-state index contributed by atoms with van der Waals surface area (Å²) in [5, 5.41) is 6.77. The van der Waals surface area contributed by atoms with Crippen LogP contribution >= 0.6 is 23.2 Å². The second kappa shape index (κ2) is 7.00. The quantitative estimate of drug-likeness (QED) is 0.840. The van der Waals surface area contributed by atoms with Crippen molar-refractivity contribution in [3.63, 3.8) is 0 Å². The second-order valence-electron chi connectivity index (χ2n) is 5.10. The van der Waals surface area contributed by atoms with Crippen LogP contribution in [0.5, 0.6) is 0 Å². The third kappa shape index (κ3) is 5.44. The topological polar surface area (TPSA) is 61.4 Å². The van der Waals surface area contributed by atoms with E-state index in [9.17, 15) is 9.59 Å². The standard InChI is InChI=1S/C14H17Cl2N3O2/c1-19(8-13(20)18-11-2-3-11)14(21)7-17-12-5-9(15)4-10(16)6-12/h4-6,11,17H,2-3,7-8H2,1H3,(H,18,20). The van der Waals surface area contributed by atoms with Gasteiger partial charge in [0.15, 0.2) is 0 Å². The Labute approximate surface area is 133 Å². The smallest absolute Gasteiger partial charge is 0.242 e. The minimum atomic E-state index is -0.183. The fourth-order valence-electron chi connectivity index (χ4n) is 1.77. The molecule has 0 heterocycles. The maximum atomic E-state index is 11.9. The molecule has 114 valence electrons. The summed E-state index contributed by atoms with van der Waals surface area (Å²) in [4.78, 5) is 24.9. The molecule has 0 radical (unpaired) electrons. The van der Waals surface area contributed by atoms with Crippen LogP contribution in [-0.2, 0) is 9.59 Å². The summed E-state index contributed by atoms with van der Waals surface area (Å²) >= 11 is 11.8. The van der Waals surface area contributed by atoms with Crippen LogP contribution in [0.1, 0.15) is 12.8 Å². The molecular weight excluding hydrogens is 313 g/mol. The first-order valence-electron chi connectivity index (χ1n) is 6.67. The normalized spacial score (nSPS) is 13.7. The molecule has 1 aliphatic carbocycles. The van der Waals surface area contributed by atoms with E-state index in [1.165, 1.54) is 4.90 Å². The molecule has 5 nitrogen and oxygen atoms in total. The maximum Gasteiger partial charge on any atom is 0.242 e. The van der Waals surface area contributed by atoms with Gasteiger partial charge in [-0.15, -0.1) is 0 Å². The highest BCUT2D eigenvalue weighted by Crippen LogP contribution is 2.22. The maximum absolute atomic E-state index is 11.9. The molecule has 0 saturated heterocycles. The molecule has 0 bridgehead atoms. The van der Waals surface area contributed by atoms with Crippen molar-refractivity contribution in [2.24, 2.45) is 0 Å². The monoisotopic (exact) mass is 329 g/mol. The number of benzene rings is 1. The van der Waals surface area contributed by atoms with Crippen molar-refractivity contribution >= 4 is 40.7 Å². The molecule has 1 aliphatic rings. The minimum absolute atomic E-state index is 0.0628. The zero-order valence-corrected chi connectivity index (χ0v) is 13.2. The van der Waals surface area contributed by atoms with E-state index in [-0.39, 0.29) is 24.9 Å². The average Bonchev–Trinajstić information content (AvgIpc) is 3.18. The lowest BCUT2D eigenvalue weighted by Gasteiger charge is -2.17. The van der Waals surface area contributed by atoms with Gasteiger partial charge in [-0.2, -0.15) is 0 Å². The summed E-state index contributed by atoms with van der Waals surface area (Å²) in [6.07, 6.45) is 2.06. The van der Waals surface area contributed by atoms with Crippen LogP contribution in [0.15, 0.2) is 18.2 Å². The predicted octanol–water partition coefficient (Wildman–Crippen LogP) is 2.14. The Balaban J connectivity index is 1.78. The Hall–Kier alpha value is -1.46. The van der Waals surface area contributed by atoms with Gasteiger partial charge in [0.05, 0.1) is 13.1 Å². The van der Waals surface area contributed by atoms with E-state index in [1.54, 1.807) is 25.2 Å². The van der Waals surface area contributed by atoms with Crippen LogP contribution in [0.2, 0.25) is 10.0 Å². The number of nitrogens with one attached hydrogen (secondary N) is 2. The fraction of sp³-hybridized carbons (Fsp3) is 0.429. The zero-order valence-electron chi connectivity index (χ0n) is 11.7. The number of nitrogens with zero attached hydrogens (tertiary/aromatic N) is 1. The van der Waals surface area contributed by atoms with E-state index < -0.39 is 0 Å². The van der Waals surface area contributed by atoms with Gasteiger partial charge in [-0.25, -0.2) is 0 Å². The number of amides is 2. The summed E-state index contributed by atoms with van der Waals surface area (Å²) in [7, 11) is 1.60. The molecule has 0 unspecified atom stereocenters. The van der Waals surface area contributed by atoms with Gasteiger partial charge < -0.3 is 15.5 Å². The van der Waals surface area contributed by atoms with Gasteiger partial charge in [0, 0.05) is 28.8 Å². The fourth-order valence-corrected chi connectivity index (χ4v) is 2.30. The number of hydrogen-bond donors (Lipinski definition) is 2. The number of rotatable bonds is 6. The van der Waals surface area contributed by atoms with Gasteiger partial charge in [-0.05, 0) is 31.0 Å².